The number of halogens is 2. The average molecular weight is 260 g/mol. The van der Waals surface area contributed by atoms with Gasteiger partial charge in [-0.15, -0.1) is 0 Å². The molecule has 0 N–H and O–H groups in total. The quantitative estimate of drug-likeness (QED) is 0.658. The molecule has 2 heteroatoms. The second kappa shape index (κ2) is 4.76. The zero-order valence-corrected chi connectivity index (χ0v) is 11.7. The van der Waals surface area contributed by atoms with Crippen LogP contribution in [0.1, 0.15) is 31.9 Å². The van der Waals surface area contributed by atoms with E-state index < -0.39 is 0 Å². The number of hydrogen-bond donors (Lipinski definition) is 0. The molecule has 0 saturated heterocycles. The van der Waals surface area contributed by atoms with Gasteiger partial charge in [-0.05, 0) is 41.2 Å². The lowest BCUT2D eigenvalue weighted by Gasteiger charge is -2.21. The van der Waals surface area contributed by atoms with Crippen LogP contribution in [0.3, 0.4) is 0 Å². The fourth-order valence-electron chi connectivity index (χ4n) is 2.25. The van der Waals surface area contributed by atoms with E-state index >= 15 is 0 Å². The highest BCUT2D eigenvalue weighted by Gasteiger charge is 2.21. The topological polar surface area (TPSA) is 0 Å². The minimum atomic E-state index is -0.298. The van der Waals surface area contributed by atoms with E-state index in [1.165, 1.54) is 12.1 Å². The Morgan fingerprint density at radius 1 is 0.895 bits per heavy atom. The Kier molecular flexibility index (Phi) is 3.44. The van der Waals surface area contributed by atoms with Crippen molar-refractivity contribution >= 4 is 0 Å². The molecule has 0 unspecified atom stereocenters. The van der Waals surface area contributed by atoms with Crippen molar-refractivity contribution in [3.63, 3.8) is 0 Å². The molecule has 0 saturated carbocycles. The monoisotopic (exact) mass is 260 g/mol. The van der Waals surface area contributed by atoms with Crippen molar-refractivity contribution in [3.05, 3.63) is 59.2 Å². The Morgan fingerprint density at radius 2 is 1.58 bits per heavy atom. The van der Waals surface area contributed by atoms with E-state index in [0.717, 1.165) is 11.1 Å². The van der Waals surface area contributed by atoms with Gasteiger partial charge in [-0.1, -0.05) is 45.0 Å². The predicted molar refractivity (Wildman–Crippen MR) is 75.2 cm³/mol. The summed E-state index contributed by atoms with van der Waals surface area (Å²) in [7, 11) is 0. The lowest BCUT2D eigenvalue weighted by molar-refractivity contribution is 0.525. The maximum Gasteiger partial charge on any atom is 0.134 e. The summed E-state index contributed by atoms with van der Waals surface area (Å²) in [4.78, 5) is 0. The SMILES string of the molecule is Cc1cc(F)ccc1-c1cccc(C(C)(C)C)c1F. The maximum atomic E-state index is 14.6. The summed E-state index contributed by atoms with van der Waals surface area (Å²) in [5.41, 5.74) is 2.43. The average Bonchev–Trinajstić information content (AvgIpc) is 2.28. The fraction of sp³-hybridized carbons (Fsp3) is 0.294. The van der Waals surface area contributed by atoms with E-state index in [9.17, 15) is 8.78 Å². The Morgan fingerprint density at radius 3 is 2.16 bits per heavy atom. The molecule has 2 rings (SSSR count). The van der Waals surface area contributed by atoms with Crippen molar-refractivity contribution in [2.75, 3.05) is 0 Å². The molecule has 0 aromatic heterocycles. The zero-order valence-electron chi connectivity index (χ0n) is 11.7. The van der Waals surface area contributed by atoms with Gasteiger partial charge in [-0.3, -0.25) is 0 Å². The minimum absolute atomic E-state index is 0.218. The van der Waals surface area contributed by atoms with Gasteiger partial charge in [0.25, 0.3) is 0 Å². The summed E-state index contributed by atoms with van der Waals surface area (Å²) in [6.07, 6.45) is 0. The van der Waals surface area contributed by atoms with Crippen LogP contribution in [0.2, 0.25) is 0 Å². The molecule has 0 aliphatic rings. The molecule has 100 valence electrons. The van der Waals surface area contributed by atoms with Crippen molar-refractivity contribution in [2.24, 2.45) is 0 Å². The van der Waals surface area contributed by atoms with Crippen LogP contribution in [-0.2, 0) is 5.41 Å². The highest BCUT2D eigenvalue weighted by molar-refractivity contribution is 5.68. The molecule has 0 atom stereocenters. The second-order valence-corrected chi connectivity index (χ2v) is 5.88. The largest absolute Gasteiger partial charge is 0.207 e. The van der Waals surface area contributed by atoms with Gasteiger partial charge in [0.15, 0.2) is 0 Å². The number of hydrogen-bond acceptors (Lipinski definition) is 0. The fourth-order valence-corrected chi connectivity index (χ4v) is 2.25. The highest BCUT2D eigenvalue weighted by Crippen LogP contribution is 2.33. The lowest BCUT2D eigenvalue weighted by atomic mass is 9.84. The summed E-state index contributed by atoms with van der Waals surface area (Å²) in [6, 6.07) is 9.82. The molecule has 0 nitrogen and oxygen atoms in total. The lowest BCUT2D eigenvalue weighted by Crippen LogP contribution is -2.14. The summed E-state index contributed by atoms with van der Waals surface area (Å²) >= 11 is 0. The van der Waals surface area contributed by atoms with Crippen LogP contribution in [-0.4, -0.2) is 0 Å². The molecule has 2 aromatic rings. The first-order valence-corrected chi connectivity index (χ1v) is 6.36. The van der Waals surface area contributed by atoms with Crippen LogP contribution in [0.25, 0.3) is 11.1 Å². The third-order valence-electron chi connectivity index (χ3n) is 3.29. The minimum Gasteiger partial charge on any atom is -0.207 e. The van der Waals surface area contributed by atoms with Crippen LogP contribution < -0.4 is 0 Å². The van der Waals surface area contributed by atoms with E-state index in [2.05, 4.69) is 0 Å². The van der Waals surface area contributed by atoms with Gasteiger partial charge >= 0.3 is 0 Å². The summed E-state index contributed by atoms with van der Waals surface area (Å²) in [5.74, 6) is -0.515. The van der Waals surface area contributed by atoms with Crippen molar-refractivity contribution in [1.29, 1.82) is 0 Å². The van der Waals surface area contributed by atoms with E-state index in [4.69, 9.17) is 0 Å². The Labute approximate surface area is 113 Å². The molecule has 0 aliphatic heterocycles. The summed E-state index contributed by atoms with van der Waals surface area (Å²) in [5, 5.41) is 0. The van der Waals surface area contributed by atoms with Crippen LogP contribution in [0.5, 0.6) is 0 Å². The summed E-state index contributed by atoms with van der Waals surface area (Å²) < 4.78 is 27.8. The van der Waals surface area contributed by atoms with Gasteiger partial charge in [0.2, 0.25) is 0 Å². The molecule has 19 heavy (non-hydrogen) atoms. The number of rotatable bonds is 1. The number of benzene rings is 2. The third-order valence-corrected chi connectivity index (χ3v) is 3.29. The van der Waals surface area contributed by atoms with Crippen molar-refractivity contribution in [3.8, 4) is 11.1 Å². The van der Waals surface area contributed by atoms with E-state index in [0.29, 0.717) is 11.1 Å². The molecule has 2 aromatic carbocycles. The molecular formula is C17H18F2. The predicted octanol–water partition coefficient (Wildman–Crippen LogP) is 5.24. The molecule has 0 radical (unpaired) electrons. The van der Waals surface area contributed by atoms with Crippen molar-refractivity contribution in [1.82, 2.24) is 0 Å². The van der Waals surface area contributed by atoms with E-state index in [-0.39, 0.29) is 17.0 Å². The highest BCUT2D eigenvalue weighted by atomic mass is 19.1. The van der Waals surface area contributed by atoms with Gasteiger partial charge in [-0.2, -0.15) is 0 Å². The Balaban J connectivity index is 2.64. The Hall–Kier alpha value is -1.70. The first-order valence-electron chi connectivity index (χ1n) is 6.36. The van der Waals surface area contributed by atoms with Crippen LogP contribution in [0, 0.1) is 18.6 Å². The molecule has 0 aliphatic carbocycles. The van der Waals surface area contributed by atoms with E-state index in [1.54, 1.807) is 25.1 Å². The van der Waals surface area contributed by atoms with Gasteiger partial charge in [0.05, 0.1) is 0 Å². The van der Waals surface area contributed by atoms with Crippen molar-refractivity contribution < 1.29 is 8.78 Å². The zero-order chi connectivity index (χ0) is 14.2. The molecular weight excluding hydrogens is 242 g/mol. The molecule has 0 fully saturated rings. The van der Waals surface area contributed by atoms with Crippen LogP contribution in [0.15, 0.2) is 36.4 Å². The van der Waals surface area contributed by atoms with E-state index in [1.807, 2.05) is 26.8 Å². The van der Waals surface area contributed by atoms with Gasteiger partial charge in [-0.25, -0.2) is 8.78 Å². The summed E-state index contributed by atoms with van der Waals surface area (Å²) in [6.45, 7) is 7.73. The molecule has 0 amide bonds. The molecule has 0 spiro atoms. The second-order valence-electron chi connectivity index (χ2n) is 5.88. The first kappa shape index (κ1) is 13.7. The smallest absolute Gasteiger partial charge is 0.134 e. The third kappa shape index (κ3) is 2.67. The van der Waals surface area contributed by atoms with Gasteiger partial charge < -0.3 is 0 Å². The van der Waals surface area contributed by atoms with Gasteiger partial charge in [0, 0.05) is 5.56 Å². The van der Waals surface area contributed by atoms with Crippen LogP contribution >= 0.6 is 0 Å². The molecule has 0 heterocycles. The van der Waals surface area contributed by atoms with Gasteiger partial charge in [0.1, 0.15) is 11.6 Å². The number of aryl methyl sites for hydroxylation is 1. The first-order chi connectivity index (χ1) is 8.80. The standard InChI is InChI=1S/C17H18F2/c1-11-10-12(18)8-9-13(11)14-6-5-7-15(16(14)19)17(2,3)4/h5-10H,1-4H3. The maximum absolute atomic E-state index is 14.6. The molecule has 0 bridgehead atoms. The van der Waals surface area contributed by atoms with Crippen molar-refractivity contribution in [2.45, 2.75) is 33.1 Å². The Bertz CT molecular complexity index is 607. The van der Waals surface area contributed by atoms with Crippen LogP contribution in [0.4, 0.5) is 8.78 Å². The normalized spacial score (nSPS) is 11.7.